The predicted octanol–water partition coefficient (Wildman–Crippen LogP) is 2.90. The first-order valence-corrected chi connectivity index (χ1v) is 6.69. The summed E-state index contributed by atoms with van der Waals surface area (Å²) in [5.74, 6) is -0.479. The van der Waals surface area contributed by atoms with Crippen molar-refractivity contribution in [2.24, 2.45) is 0 Å². The zero-order valence-electron chi connectivity index (χ0n) is 10.4. The Labute approximate surface area is 119 Å². The number of nitrogens with one attached hydrogen (secondary N) is 1. The molecule has 0 aliphatic heterocycles. The number of aryl methyl sites for hydroxylation is 1. The van der Waals surface area contributed by atoms with Gasteiger partial charge in [0, 0.05) is 18.9 Å². The van der Waals surface area contributed by atoms with Gasteiger partial charge in [-0.3, -0.25) is 4.98 Å². The molecule has 0 aromatic carbocycles. The molecule has 2 aromatic rings. The molecule has 0 spiro atoms. The van der Waals surface area contributed by atoms with E-state index in [0.29, 0.717) is 16.6 Å². The number of carbonyl (C=O) groups is 1. The molecule has 0 saturated heterocycles. The lowest BCUT2D eigenvalue weighted by Crippen LogP contribution is -2.01. The maximum atomic E-state index is 11.4. The Morgan fingerprint density at radius 3 is 3.05 bits per heavy atom. The van der Waals surface area contributed by atoms with E-state index in [4.69, 9.17) is 11.6 Å². The summed E-state index contributed by atoms with van der Waals surface area (Å²) in [5.41, 5.74) is 2.20. The molecule has 0 unspecified atom stereocenters. The molecular formula is C12H12ClN3O2S. The van der Waals surface area contributed by atoms with E-state index in [1.165, 1.54) is 18.4 Å². The molecule has 2 rings (SSSR count). The Morgan fingerprint density at radius 1 is 1.58 bits per heavy atom. The van der Waals surface area contributed by atoms with Gasteiger partial charge in [-0.1, -0.05) is 22.9 Å². The van der Waals surface area contributed by atoms with Gasteiger partial charge in [0.2, 0.25) is 0 Å². The zero-order chi connectivity index (χ0) is 13.8. The fourth-order valence-electron chi connectivity index (χ4n) is 1.45. The van der Waals surface area contributed by atoms with Crippen LogP contribution in [0.25, 0.3) is 0 Å². The molecular weight excluding hydrogens is 286 g/mol. The van der Waals surface area contributed by atoms with Gasteiger partial charge in [-0.2, -0.15) is 0 Å². The number of pyridine rings is 1. The summed E-state index contributed by atoms with van der Waals surface area (Å²) in [4.78, 5) is 19.8. The van der Waals surface area contributed by atoms with E-state index >= 15 is 0 Å². The van der Waals surface area contributed by atoms with E-state index in [2.05, 4.69) is 20.0 Å². The van der Waals surface area contributed by atoms with Crippen molar-refractivity contribution in [1.29, 1.82) is 0 Å². The molecule has 0 aliphatic rings. The number of aromatic nitrogens is 2. The number of anilines is 1. The average molecular weight is 298 g/mol. The minimum Gasteiger partial charge on any atom is -0.465 e. The molecule has 0 atom stereocenters. The third-order valence-electron chi connectivity index (χ3n) is 2.53. The van der Waals surface area contributed by atoms with E-state index in [9.17, 15) is 4.79 Å². The second-order valence-corrected chi connectivity index (χ2v) is 5.14. The van der Waals surface area contributed by atoms with Crippen LogP contribution < -0.4 is 5.32 Å². The third kappa shape index (κ3) is 3.21. The fraction of sp³-hybridized carbons (Fsp3) is 0.250. The quantitative estimate of drug-likeness (QED) is 0.879. The minimum atomic E-state index is -0.479. The zero-order valence-corrected chi connectivity index (χ0v) is 12.0. The lowest BCUT2D eigenvalue weighted by atomic mass is 10.2. The number of halogens is 1. The third-order valence-corrected chi connectivity index (χ3v) is 3.91. The molecule has 7 heteroatoms. The Morgan fingerprint density at radius 2 is 2.37 bits per heavy atom. The van der Waals surface area contributed by atoms with E-state index in [0.717, 1.165) is 11.1 Å². The first kappa shape index (κ1) is 13.8. The highest BCUT2D eigenvalue weighted by Gasteiger charge is 2.17. The van der Waals surface area contributed by atoms with Gasteiger partial charge in [-0.25, -0.2) is 9.78 Å². The number of nitrogens with zero attached hydrogens (tertiary/aromatic N) is 2. The van der Waals surface area contributed by atoms with Crippen LogP contribution in [0.1, 0.15) is 20.8 Å². The molecule has 0 saturated carbocycles. The van der Waals surface area contributed by atoms with Crippen LogP contribution in [0.15, 0.2) is 18.5 Å². The number of esters is 1. The van der Waals surface area contributed by atoms with Crippen LogP contribution in [0.3, 0.4) is 0 Å². The predicted molar refractivity (Wildman–Crippen MR) is 74.8 cm³/mol. The average Bonchev–Trinajstić information content (AvgIpc) is 2.78. The van der Waals surface area contributed by atoms with Crippen LogP contribution in [0, 0.1) is 6.92 Å². The fourth-order valence-corrected chi connectivity index (χ4v) is 2.55. The van der Waals surface area contributed by atoms with Crippen LogP contribution in [0.4, 0.5) is 5.13 Å². The first-order valence-electron chi connectivity index (χ1n) is 5.50. The summed E-state index contributed by atoms with van der Waals surface area (Å²) in [6.45, 7) is 2.58. The summed E-state index contributed by atoms with van der Waals surface area (Å²) in [5, 5.41) is 3.85. The Bertz CT molecular complexity index is 600. The van der Waals surface area contributed by atoms with Crippen LogP contribution in [-0.4, -0.2) is 23.0 Å². The number of carbonyl (C=O) groups excluding carboxylic acids is 1. The highest BCUT2D eigenvalue weighted by Crippen LogP contribution is 2.27. The smallest absolute Gasteiger partial charge is 0.351 e. The van der Waals surface area contributed by atoms with Gasteiger partial charge in [0.25, 0.3) is 0 Å². The van der Waals surface area contributed by atoms with Crippen LogP contribution in [-0.2, 0) is 11.3 Å². The standard InChI is InChI=1S/C12H12ClN3O2S/c1-7-3-4-14-5-8(7)6-15-12-16-10(13)9(19-12)11(17)18-2/h3-5H,6H2,1-2H3,(H,15,16). The van der Waals surface area contributed by atoms with E-state index < -0.39 is 5.97 Å². The van der Waals surface area contributed by atoms with E-state index in [-0.39, 0.29) is 5.15 Å². The highest BCUT2D eigenvalue weighted by atomic mass is 35.5. The summed E-state index contributed by atoms with van der Waals surface area (Å²) in [6.07, 6.45) is 3.53. The second-order valence-electron chi connectivity index (χ2n) is 3.79. The molecule has 1 N–H and O–H groups in total. The lowest BCUT2D eigenvalue weighted by Gasteiger charge is -2.05. The largest absolute Gasteiger partial charge is 0.465 e. The minimum absolute atomic E-state index is 0.155. The number of hydrogen-bond acceptors (Lipinski definition) is 6. The topological polar surface area (TPSA) is 64.1 Å². The normalized spacial score (nSPS) is 10.3. The lowest BCUT2D eigenvalue weighted by molar-refractivity contribution is 0.0606. The Balaban J connectivity index is 2.09. The maximum absolute atomic E-state index is 11.4. The van der Waals surface area contributed by atoms with Crippen molar-refractivity contribution in [3.8, 4) is 0 Å². The highest BCUT2D eigenvalue weighted by molar-refractivity contribution is 7.18. The van der Waals surface area contributed by atoms with Gasteiger partial charge < -0.3 is 10.1 Å². The number of hydrogen-bond donors (Lipinski definition) is 1. The molecule has 0 fully saturated rings. The van der Waals surface area contributed by atoms with Crippen molar-refractivity contribution >= 4 is 34.0 Å². The van der Waals surface area contributed by atoms with Gasteiger partial charge in [-0.15, -0.1) is 0 Å². The van der Waals surface area contributed by atoms with Crippen LogP contribution in [0.2, 0.25) is 5.15 Å². The van der Waals surface area contributed by atoms with E-state index in [1.54, 1.807) is 12.4 Å². The molecule has 5 nitrogen and oxygen atoms in total. The molecule has 0 amide bonds. The summed E-state index contributed by atoms with van der Waals surface area (Å²) < 4.78 is 4.62. The first-order chi connectivity index (χ1) is 9.11. The van der Waals surface area contributed by atoms with Crippen molar-refractivity contribution in [3.63, 3.8) is 0 Å². The molecule has 0 radical (unpaired) electrons. The van der Waals surface area contributed by atoms with Crippen molar-refractivity contribution in [3.05, 3.63) is 39.6 Å². The molecule has 2 aromatic heterocycles. The van der Waals surface area contributed by atoms with Gasteiger partial charge >= 0.3 is 5.97 Å². The van der Waals surface area contributed by atoms with Crippen molar-refractivity contribution in [2.75, 3.05) is 12.4 Å². The summed E-state index contributed by atoms with van der Waals surface area (Å²) in [7, 11) is 1.31. The van der Waals surface area contributed by atoms with E-state index in [1.807, 2.05) is 13.0 Å². The van der Waals surface area contributed by atoms with Crippen LogP contribution in [0.5, 0.6) is 0 Å². The summed E-state index contributed by atoms with van der Waals surface area (Å²) >= 11 is 7.05. The van der Waals surface area contributed by atoms with Crippen LogP contribution >= 0.6 is 22.9 Å². The van der Waals surface area contributed by atoms with Gasteiger partial charge in [-0.05, 0) is 24.1 Å². The Hall–Kier alpha value is -1.66. The molecule has 2 heterocycles. The number of rotatable bonds is 4. The van der Waals surface area contributed by atoms with Crippen molar-refractivity contribution in [1.82, 2.24) is 9.97 Å². The van der Waals surface area contributed by atoms with Gasteiger partial charge in [0.1, 0.15) is 0 Å². The van der Waals surface area contributed by atoms with Gasteiger partial charge in [0.05, 0.1) is 7.11 Å². The molecule has 100 valence electrons. The van der Waals surface area contributed by atoms with Gasteiger partial charge in [0.15, 0.2) is 15.2 Å². The monoisotopic (exact) mass is 297 g/mol. The Kier molecular flexibility index (Phi) is 4.34. The maximum Gasteiger partial charge on any atom is 0.351 e. The number of methoxy groups -OCH3 is 1. The molecule has 0 bridgehead atoms. The number of thiazole rings is 1. The summed E-state index contributed by atoms with van der Waals surface area (Å²) in [6, 6.07) is 1.94. The second kappa shape index (κ2) is 5.99. The molecule has 0 aliphatic carbocycles. The molecule has 19 heavy (non-hydrogen) atoms. The SMILES string of the molecule is COC(=O)c1sc(NCc2cnccc2C)nc1Cl. The van der Waals surface area contributed by atoms with Crippen molar-refractivity contribution < 1.29 is 9.53 Å². The number of ether oxygens (including phenoxy) is 1. The van der Waals surface area contributed by atoms with Crippen molar-refractivity contribution in [2.45, 2.75) is 13.5 Å².